The van der Waals surface area contributed by atoms with Crippen molar-refractivity contribution in [2.24, 2.45) is 5.84 Å². The Balaban J connectivity index is 2.26. The quantitative estimate of drug-likeness (QED) is 0.500. The van der Waals surface area contributed by atoms with E-state index in [1.807, 2.05) is 0 Å². The van der Waals surface area contributed by atoms with Crippen molar-refractivity contribution < 1.29 is 17.9 Å². The molecule has 0 atom stereocenters. The molecule has 1 aromatic carbocycles. The van der Waals surface area contributed by atoms with Gasteiger partial charge in [-0.1, -0.05) is 11.6 Å². The molecule has 0 radical (unpaired) electrons. The third kappa shape index (κ3) is 3.88. The van der Waals surface area contributed by atoms with Crippen LogP contribution in [0.3, 0.4) is 0 Å². The van der Waals surface area contributed by atoms with Crippen molar-refractivity contribution in [3.63, 3.8) is 0 Å². The monoisotopic (exact) mass is 347 g/mol. The SMILES string of the molecule is NNc1nc(N)cc(OCc2cc(C(F)(F)F)ccc2Cl)c1N. The van der Waals surface area contributed by atoms with Crippen LogP contribution in [0.15, 0.2) is 24.3 Å². The molecule has 23 heavy (non-hydrogen) atoms. The molecule has 124 valence electrons. The Morgan fingerprint density at radius 1 is 1.22 bits per heavy atom. The molecule has 1 heterocycles. The van der Waals surface area contributed by atoms with E-state index in [0.29, 0.717) is 0 Å². The summed E-state index contributed by atoms with van der Waals surface area (Å²) in [6.07, 6.45) is -4.48. The number of nitrogen functional groups attached to an aromatic ring is 3. The molecule has 10 heteroatoms. The largest absolute Gasteiger partial charge is 0.486 e. The van der Waals surface area contributed by atoms with E-state index in [1.165, 1.54) is 6.07 Å². The Kier molecular flexibility index (Phi) is 4.71. The number of alkyl halides is 3. The maximum Gasteiger partial charge on any atom is 0.416 e. The highest BCUT2D eigenvalue weighted by atomic mass is 35.5. The Hall–Kier alpha value is -2.39. The number of nitrogens with zero attached hydrogens (tertiary/aromatic N) is 1. The molecule has 7 N–H and O–H groups in total. The van der Waals surface area contributed by atoms with Crippen molar-refractivity contribution >= 4 is 28.9 Å². The summed E-state index contributed by atoms with van der Waals surface area (Å²) in [6, 6.07) is 4.28. The lowest BCUT2D eigenvalue weighted by molar-refractivity contribution is -0.137. The number of nitrogens with one attached hydrogen (secondary N) is 1. The number of halogens is 4. The number of hydrazine groups is 1. The summed E-state index contributed by atoms with van der Waals surface area (Å²) in [6.45, 7) is -0.236. The number of nitrogens with two attached hydrogens (primary N) is 3. The highest BCUT2D eigenvalue weighted by Crippen LogP contribution is 2.33. The van der Waals surface area contributed by atoms with E-state index in [2.05, 4.69) is 10.4 Å². The van der Waals surface area contributed by atoms with Crippen LogP contribution in [-0.4, -0.2) is 4.98 Å². The fraction of sp³-hybridized carbons (Fsp3) is 0.154. The lowest BCUT2D eigenvalue weighted by atomic mass is 10.1. The third-order valence-corrected chi connectivity index (χ3v) is 3.30. The van der Waals surface area contributed by atoms with Gasteiger partial charge in [0.2, 0.25) is 0 Å². The molecule has 2 rings (SSSR count). The summed E-state index contributed by atoms with van der Waals surface area (Å²) in [5.41, 5.74) is 13.0. The van der Waals surface area contributed by atoms with Crippen LogP contribution in [-0.2, 0) is 12.8 Å². The normalized spacial score (nSPS) is 11.3. The minimum atomic E-state index is -4.48. The maximum absolute atomic E-state index is 12.7. The van der Waals surface area contributed by atoms with Gasteiger partial charge in [0, 0.05) is 16.7 Å². The second kappa shape index (κ2) is 6.39. The van der Waals surface area contributed by atoms with E-state index < -0.39 is 11.7 Å². The van der Waals surface area contributed by atoms with Crippen LogP contribution in [0.25, 0.3) is 0 Å². The van der Waals surface area contributed by atoms with E-state index in [0.717, 1.165) is 18.2 Å². The topological polar surface area (TPSA) is 112 Å². The van der Waals surface area contributed by atoms with Gasteiger partial charge in [0.05, 0.1) is 5.56 Å². The van der Waals surface area contributed by atoms with Crippen molar-refractivity contribution in [1.82, 2.24) is 4.98 Å². The number of hydrogen-bond acceptors (Lipinski definition) is 6. The number of aromatic nitrogens is 1. The van der Waals surface area contributed by atoms with Crippen molar-refractivity contribution in [3.8, 4) is 5.75 Å². The number of benzene rings is 1. The number of anilines is 3. The van der Waals surface area contributed by atoms with Gasteiger partial charge < -0.3 is 21.6 Å². The molecule has 0 unspecified atom stereocenters. The Morgan fingerprint density at radius 3 is 2.52 bits per heavy atom. The molecule has 0 amide bonds. The van der Waals surface area contributed by atoms with Gasteiger partial charge in [-0.05, 0) is 18.2 Å². The molecular weight excluding hydrogens is 335 g/mol. The minimum absolute atomic E-state index is 0.0739. The molecule has 2 aromatic rings. The lowest BCUT2D eigenvalue weighted by Crippen LogP contribution is -2.13. The highest BCUT2D eigenvalue weighted by Gasteiger charge is 2.31. The smallest absolute Gasteiger partial charge is 0.416 e. The molecule has 0 saturated carbocycles. The van der Waals surface area contributed by atoms with Crippen molar-refractivity contribution in [2.45, 2.75) is 12.8 Å². The van der Waals surface area contributed by atoms with Crippen molar-refractivity contribution in [2.75, 3.05) is 16.9 Å². The van der Waals surface area contributed by atoms with Gasteiger partial charge in [0.1, 0.15) is 23.9 Å². The predicted octanol–water partition coefficient (Wildman–Crippen LogP) is 2.78. The van der Waals surface area contributed by atoms with Crippen molar-refractivity contribution in [3.05, 3.63) is 40.4 Å². The van der Waals surface area contributed by atoms with Crippen LogP contribution in [0.1, 0.15) is 11.1 Å². The second-order valence-electron chi connectivity index (χ2n) is 4.54. The van der Waals surface area contributed by atoms with Crippen LogP contribution >= 0.6 is 11.6 Å². The molecule has 0 spiro atoms. The first-order valence-electron chi connectivity index (χ1n) is 6.23. The zero-order valence-electron chi connectivity index (χ0n) is 11.6. The summed E-state index contributed by atoms with van der Waals surface area (Å²) >= 11 is 5.89. The van der Waals surface area contributed by atoms with Gasteiger partial charge in [-0.2, -0.15) is 13.2 Å². The summed E-state index contributed by atoms with van der Waals surface area (Å²) in [5, 5.41) is 0.135. The number of ether oxygens (including phenoxy) is 1. The molecule has 1 aromatic heterocycles. The summed E-state index contributed by atoms with van der Waals surface area (Å²) in [7, 11) is 0. The van der Waals surface area contributed by atoms with Gasteiger partial charge in [-0.15, -0.1) is 0 Å². The molecule has 0 aliphatic carbocycles. The standard InChI is InChI=1S/C13H13ClF3N5O/c14-8-2-1-7(13(15,16)17)3-6(8)5-23-9-4-10(18)21-12(22-20)11(9)19/h1-4H,5,19-20H2,(H3,18,21,22). The number of hydrogen-bond donors (Lipinski definition) is 4. The fourth-order valence-electron chi connectivity index (χ4n) is 1.80. The minimum Gasteiger partial charge on any atom is -0.486 e. The highest BCUT2D eigenvalue weighted by molar-refractivity contribution is 6.31. The van der Waals surface area contributed by atoms with Crippen LogP contribution in [0.2, 0.25) is 5.02 Å². The molecule has 6 nitrogen and oxygen atoms in total. The van der Waals surface area contributed by atoms with Crippen LogP contribution < -0.4 is 27.5 Å². The van der Waals surface area contributed by atoms with E-state index in [4.69, 9.17) is 33.6 Å². The van der Waals surface area contributed by atoms with Gasteiger partial charge in [-0.3, -0.25) is 0 Å². The van der Waals surface area contributed by atoms with Gasteiger partial charge in [0.25, 0.3) is 0 Å². The molecule has 0 aliphatic heterocycles. The Bertz CT molecular complexity index is 723. The second-order valence-corrected chi connectivity index (χ2v) is 4.95. The molecule has 0 saturated heterocycles. The molecular formula is C13H13ClF3N5O. The molecule has 0 fully saturated rings. The van der Waals surface area contributed by atoms with Gasteiger partial charge in [-0.25, -0.2) is 10.8 Å². The zero-order valence-corrected chi connectivity index (χ0v) is 12.4. The lowest BCUT2D eigenvalue weighted by Gasteiger charge is -2.14. The Morgan fingerprint density at radius 2 is 1.91 bits per heavy atom. The summed E-state index contributed by atoms with van der Waals surface area (Å²) in [4.78, 5) is 3.83. The first-order valence-corrected chi connectivity index (χ1v) is 6.61. The van der Waals surface area contributed by atoms with Crippen LogP contribution in [0.4, 0.5) is 30.5 Å². The average Bonchev–Trinajstić information content (AvgIpc) is 2.47. The van der Waals surface area contributed by atoms with E-state index in [-0.39, 0.29) is 40.3 Å². The molecule has 0 bridgehead atoms. The number of pyridine rings is 1. The van der Waals surface area contributed by atoms with Gasteiger partial charge >= 0.3 is 6.18 Å². The van der Waals surface area contributed by atoms with Crippen LogP contribution in [0, 0.1) is 0 Å². The van der Waals surface area contributed by atoms with Crippen molar-refractivity contribution in [1.29, 1.82) is 0 Å². The van der Waals surface area contributed by atoms with Gasteiger partial charge in [0.15, 0.2) is 5.82 Å². The maximum atomic E-state index is 12.7. The van der Waals surface area contributed by atoms with E-state index in [1.54, 1.807) is 0 Å². The first-order chi connectivity index (χ1) is 10.7. The predicted molar refractivity (Wildman–Crippen MR) is 81.7 cm³/mol. The first kappa shape index (κ1) is 17.0. The Labute approximate surface area is 134 Å². The summed E-state index contributed by atoms with van der Waals surface area (Å²) < 4.78 is 43.6. The van der Waals surface area contributed by atoms with E-state index in [9.17, 15) is 13.2 Å². The summed E-state index contributed by atoms with van der Waals surface area (Å²) in [5.74, 6) is 5.54. The fourth-order valence-corrected chi connectivity index (χ4v) is 1.97. The van der Waals surface area contributed by atoms with E-state index >= 15 is 0 Å². The third-order valence-electron chi connectivity index (χ3n) is 2.93. The number of rotatable bonds is 4. The van der Waals surface area contributed by atoms with Crippen LogP contribution in [0.5, 0.6) is 5.75 Å². The zero-order chi connectivity index (χ0) is 17.2. The average molecular weight is 348 g/mol. The molecule has 0 aliphatic rings.